The number of hydrogen-bond acceptors (Lipinski definition) is 3. The zero-order valence-electron chi connectivity index (χ0n) is 17.0. The highest BCUT2D eigenvalue weighted by Crippen LogP contribution is 2.39. The van der Waals surface area contributed by atoms with Gasteiger partial charge in [0.25, 0.3) is 5.91 Å². The lowest BCUT2D eigenvalue weighted by molar-refractivity contribution is -0.141. The molecule has 3 heterocycles. The van der Waals surface area contributed by atoms with E-state index in [-0.39, 0.29) is 18.3 Å². The molecule has 31 heavy (non-hydrogen) atoms. The molecule has 1 amide bonds. The summed E-state index contributed by atoms with van der Waals surface area (Å²) in [5, 5.41) is 2.63. The first kappa shape index (κ1) is 19.9. The van der Waals surface area contributed by atoms with E-state index in [0.29, 0.717) is 5.92 Å². The van der Waals surface area contributed by atoms with Crippen LogP contribution in [0.2, 0.25) is 0 Å². The van der Waals surface area contributed by atoms with Crippen LogP contribution in [0.1, 0.15) is 52.1 Å². The first-order valence-electron chi connectivity index (χ1n) is 10.4. The summed E-state index contributed by atoms with van der Waals surface area (Å²) in [5.41, 5.74) is 1.04. The van der Waals surface area contributed by atoms with Gasteiger partial charge in [-0.15, -0.1) is 0 Å². The molecule has 1 atom stereocenters. The average Bonchev–Trinajstić information content (AvgIpc) is 3.25. The Kier molecular flexibility index (Phi) is 4.68. The number of rotatable bonds is 4. The Labute approximate surface area is 177 Å². The van der Waals surface area contributed by atoms with Gasteiger partial charge in [0.1, 0.15) is 23.2 Å². The van der Waals surface area contributed by atoms with E-state index < -0.39 is 23.5 Å². The quantitative estimate of drug-likeness (QED) is 0.654. The van der Waals surface area contributed by atoms with Crippen LogP contribution in [-0.4, -0.2) is 21.4 Å². The fourth-order valence-electron chi connectivity index (χ4n) is 4.34. The van der Waals surface area contributed by atoms with Gasteiger partial charge in [-0.25, -0.2) is 4.98 Å². The molecular weight excluding hydrogens is 407 g/mol. The maximum atomic E-state index is 13.5. The number of nitrogens with one attached hydrogen (secondary N) is 1. The number of nitrogens with zero attached hydrogens (tertiary/aromatic N) is 2. The summed E-state index contributed by atoms with van der Waals surface area (Å²) in [4.78, 5) is 16.4. The highest BCUT2D eigenvalue weighted by molar-refractivity contribution is 5.95. The molecule has 2 aliphatic rings. The van der Waals surface area contributed by atoms with Gasteiger partial charge in [-0.3, -0.25) is 9.20 Å². The van der Waals surface area contributed by atoms with Crippen LogP contribution < -0.4 is 10.1 Å². The lowest BCUT2D eigenvalue weighted by Gasteiger charge is -2.30. The van der Waals surface area contributed by atoms with Crippen LogP contribution >= 0.6 is 0 Å². The SMILES string of the molecule is Cc1ccc2nc(C(F)(F)F)c(C(=O)NCc3ccc4c(c3)CC(C3CCC3)O4)n2c1. The van der Waals surface area contributed by atoms with E-state index in [1.165, 1.54) is 35.9 Å². The summed E-state index contributed by atoms with van der Waals surface area (Å²) in [7, 11) is 0. The van der Waals surface area contributed by atoms with Crippen molar-refractivity contribution in [3.05, 3.63) is 64.6 Å². The summed E-state index contributed by atoms with van der Waals surface area (Å²) in [6.07, 6.45) is 1.45. The van der Waals surface area contributed by atoms with E-state index >= 15 is 0 Å². The zero-order chi connectivity index (χ0) is 21.8. The van der Waals surface area contributed by atoms with Crippen molar-refractivity contribution in [3.63, 3.8) is 0 Å². The van der Waals surface area contributed by atoms with Crippen LogP contribution in [0.5, 0.6) is 5.75 Å². The van der Waals surface area contributed by atoms with Gasteiger partial charge in [-0.1, -0.05) is 24.6 Å². The van der Waals surface area contributed by atoms with Crippen molar-refractivity contribution in [3.8, 4) is 5.75 Å². The molecule has 162 valence electrons. The van der Waals surface area contributed by atoms with Crippen LogP contribution in [0.25, 0.3) is 5.65 Å². The molecule has 8 heteroatoms. The van der Waals surface area contributed by atoms with Crippen molar-refractivity contribution >= 4 is 11.6 Å². The van der Waals surface area contributed by atoms with E-state index in [9.17, 15) is 18.0 Å². The molecule has 5 rings (SSSR count). The van der Waals surface area contributed by atoms with E-state index in [4.69, 9.17) is 4.74 Å². The van der Waals surface area contributed by atoms with Crippen molar-refractivity contribution in [1.82, 2.24) is 14.7 Å². The number of benzene rings is 1. The highest BCUT2D eigenvalue weighted by Gasteiger charge is 2.40. The smallest absolute Gasteiger partial charge is 0.435 e. The lowest BCUT2D eigenvalue weighted by atomic mass is 9.80. The second-order valence-corrected chi connectivity index (χ2v) is 8.42. The average molecular weight is 429 g/mol. The molecule has 0 spiro atoms. The normalized spacial score (nSPS) is 18.5. The van der Waals surface area contributed by atoms with E-state index in [1.807, 2.05) is 18.2 Å². The summed E-state index contributed by atoms with van der Waals surface area (Å²) in [6, 6.07) is 8.82. The van der Waals surface area contributed by atoms with Gasteiger partial charge in [0.2, 0.25) is 0 Å². The first-order valence-corrected chi connectivity index (χ1v) is 10.4. The van der Waals surface area contributed by atoms with Crippen LogP contribution in [0.4, 0.5) is 13.2 Å². The summed E-state index contributed by atoms with van der Waals surface area (Å²) < 4.78 is 47.8. The molecule has 1 fully saturated rings. The topological polar surface area (TPSA) is 55.6 Å². The molecule has 1 aliphatic carbocycles. The number of alkyl halides is 3. The Balaban J connectivity index is 1.36. The molecule has 0 bridgehead atoms. The fraction of sp³-hybridized carbons (Fsp3) is 0.391. The highest BCUT2D eigenvalue weighted by atomic mass is 19.4. The Morgan fingerprint density at radius 1 is 1.26 bits per heavy atom. The molecule has 2 aromatic heterocycles. The number of amides is 1. The number of halogens is 3. The van der Waals surface area contributed by atoms with E-state index in [0.717, 1.165) is 28.9 Å². The number of aromatic nitrogens is 2. The molecule has 1 unspecified atom stereocenters. The maximum absolute atomic E-state index is 13.5. The second kappa shape index (κ2) is 7.28. The number of pyridine rings is 1. The molecule has 3 aromatic rings. The number of fused-ring (bicyclic) bond motifs is 2. The van der Waals surface area contributed by atoms with Crippen molar-refractivity contribution in [2.45, 2.75) is 51.4 Å². The first-order chi connectivity index (χ1) is 14.8. The molecule has 1 saturated carbocycles. The van der Waals surface area contributed by atoms with E-state index in [2.05, 4.69) is 10.3 Å². The minimum Gasteiger partial charge on any atom is -0.490 e. The predicted molar refractivity (Wildman–Crippen MR) is 108 cm³/mol. The van der Waals surface area contributed by atoms with Crippen molar-refractivity contribution in [2.75, 3.05) is 0 Å². The van der Waals surface area contributed by atoms with Gasteiger partial charge < -0.3 is 10.1 Å². The number of imidazole rings is 1. The molecule has 1 aromatic carbocycles. The predicted octanol–water partition coefficient (Wildman–Crippen LogP) is 4.70. The van der Waals surface area contributed by atoms with Gasteiger partial charge in [0, 0.05) is 19.2 Å². The van der Waals surface area contributed by atoms with Gasteiger partial charge in [-0.05, 0) is 54.5 Å². The second-order valence-electron chi connectivity index (χ2n) is 8.42. The molecule has 1 aliphatic heterocycles. The summed E-state index contributed by atoms with van der Waals surface area (Å²) in [5.74, 6) is 0.660. The fourth-order valence-corrected chi connectivity index (χ4v) is 4.34. The number of carbonyl (C=O) groups is 1. The standard InChI is InChI=1S/C23H22F3N3O2/c1-13-5-8-19-28-21(23(24,25)26)20(29(19)12-13)22(30)27-11-14-6-7-17-16(9-14)10-18(31-17)15-3-2-4-15/h5-9,12,15,18H,2-4,10-11H2,1H3,(H,27,30). The minimum absolute atomic E-state index is 0.0831. The number of aryl methyl sites for hydroxylation is 1. The van der Waals surface area contributed by atoms with Gasteiger partial charge in [0.05, 0.1) is 0 Å². The van der Waals surface area contributed by atoms with Gasteiger partial charge >= 0.3 is 6.18 Å². The Hall–Kier alpha value is -3.03. The zero-order valence-corrected chi connectivity index (χ0v) is 17.0. The lowest BCUT2D eigenvalue weighted by Crippen LogP contribution is -2.30. The third-order valence-electron chi connectivity index (χ3n) is 6.20. The molecule has 5 nitrogen and oxygen atoms in total. The number of carbonyl (C=O) groups excluding carboxylic acids is 1. The molecule has 0 radical (unpaired) electrons. The monoisotopic (exact) mass is 429 g/mol. The molecular formula is C23H22F3N3O2. The molecule has 0 saturated heterocycles. The summed E-state index contributed by atoms with van der Waals surface area (Å²) >= 11 is 0. The Morgan fingerprint density at radius 2 is 2.06 bits per heavy atom. The van der Waals surface area contributed by atoms with E-state index in [1.54, 1.807) is 13.0 Å². The minimum atomic E-state index is -4.73. The van der Waals surface area contributed by atoms with Crippen LogP contribution in [0, 0.1) is 12.8 Å². The maximum Gasteiger partial charge on any atom is 0.435 e. The van der Waals surface area contributed by atoms with Crippen molar-refractivity contribution in [1.29, 1.82) is 0 Å². The number of hydrogen-bond donors (Lipinski definition) is 1. The van der Waals surface area contributed by atoms with Crippen LogP contribution in [-0.2, 0) is 19.1 Å². The molecule has 1 N–H and O–H groups in total. The largest absolute Gasteiger partial charge is 0.490 e. The van der Waals surface area contributed by atoms with Crippen LogP contribution in [0.3, 0.4) is 0 Å². The number of ether oxygens (including phenoxy) is 1. The summed E-state index contributed by atoms with van der Waals surface area (Å²) in [6.45, 7) is 1.87. The van der Waals surface area contributed by atoms with Crippen molar-refractivity contribution < 1.29 is 22.7 Å². The van der Waals surface area contributed by atoms with Crippen molar-refractivity contribution in [2.24, 2.45) is 5.92 Å². The van der Waals surface area contributed by atoms with Gasteiger partial charge in [0.15, 0.2) is 5.69 Å². The Bertz CT molecular complexity index is 1160. The third kappa shape index (κ3) is 3.64. The van der Waals surface area contributed by atoms with Gasteiger partial charge in [-0.2, -0.15) is 13.2 Å². The third-order valence-corrected chi connectivity index (χ3v) is 6.20. The Morgan fingerprint density at radius 3 is 2.77 bits per heavy atom. The van der Waals surface area contributed by atoms with Crippen LogP contribution in [0.15, 0.2) is 36.5 Å².